The minimum Gasteiger partial charge on any atom is -0.502 e. The van der Waals surface area contributed by atoms with E-state index in [0.29, 0.717) is 11.3 Å². The molecule has 3 aromatic rings. The lowest BCUT2D eigenvalue weighted by Crippen LogP contribution is -2.11. The number of carbonyl (C=O) groups is 1. The number of phenols is 1. The van der Waals surface area contributed by atoms with Crippen LogP contribution in [0.15, 0.2) is 48.5 Å². The molecule has 0 aliphatic rings. The molecule has 2 N–H and O–H groups in total. The third-order valence-electron chi connectivity index (χ3n) is 3.34. The summed E-state index contributed by atoms with van der Waals surface area (Å²) in [6, 6.07) is 12.7. The van der Waals surface area contributed by atoms with E-state index in [1.807, 2.05) is 6.07 Å². The van der Waals surface area contributed by atoms with Gasteiger partial charge in [0.15, 0.2) is 10.8 Å². The van der Waals surface area contributed by atoms with Crippen molar-refractivity contribution >= 4 is 51.3 Å². The van der Waals surface area contributed by atoms with Gasteiger partial charge in [0.05, 0.1) is 9.96 Å². The first-order valence-electron chi connectivity index (χ1n) is 7.49. The van der Waals surface area contributed by atoms with Gasteiger partial charge in [0.2, 0.25) is 5.01 Å². The number of hydrogen-bond acceptors (Lipinski definition) is 7. The molecule has 3 rings (SSSR count). The number of rotatable bonds is 5. The number of phenolic OH excluding ortho intramolecular Hbond substituents is 1. The van der Waals surface area contributed by atoms with Crippen LogP contribution in [0.5, 0.6) is 5.75 Å². The average Bonchev–Trinajstić information content (AvgIpc) is 3.14. The zero-order chi connectivity index (χ0) is 19.4. The van der Waals surface area contributed by atoms with Gasteiger partial charge >= 0.3 is 5.69 Å². The topological polar surface area (TPSA) is 118 Å². The largest absolute Gasteiger partial charge is 0.502 e. The monoisotopic (exact) mass is 402 g/mol. The van der Waals surface area contributed by atoms with Crippen molar-refractivity contribution in [2.24, 2.45) is 0 Å². The van der Waals surface area contributed by atoms with E-state index in [1.165, 1.54) is 24.3 Å². The van der Waals surface area contributed by atoms with E-state index in [2.05, 4.69) is 15.5 Å². The smallest absolute Gasteiger partial charge is 0.311 e. The number of nitro groups is 1. The molecule has 2 aromatic carbocycles. The van der Waals surface area contributed by atoms with E-state index in [-0.39, 0.29) is 15.0 Å². The SMILES string of the molecule is O=C(Nc1ccccc1)c1nnc(/C(Cl)=C/c2ccc(O)c([N+](=O)[O-])c2)s1. The molecule has 8 nitrogen and oxygen atoms in total. The van der Waals surface area contributed by atoms with Gasteiger partial charge in [0.1, 0.15) is 0 Å². The molecule has 27 heavy (non-hydrogen) atoms. The van der Waals surface area contributed by atoms with Gasteiger partial charge in [0, 0.05) is 11.8 Å². The van der Waals surface area contributed by atoms with Crippen LogP contribution in [0.4, 0.5) is 11.4 Å². The molecule has 0 bridgehead atoms. The number of aromatic nitrogens is 2. The molecule has 10 heteroatoms. The van der Waals surface area contributed by atoms with E-state index in [1.54, 1.807) is 24.3 Å². The third-order valence-corrected chi connectivity index (χ3v) is 4.70. The standard InChI is InChI=1S/C17H11ClN4O4S/c18-12(8-10-6-7-14(23)13(9-10)22(25)26)16-20-21-17(27-16)15(24)19-11-4-2-1-3-5-11/h1-9,23H,(H,19,24)/b12-8-. The summed E-state index contributed by atoms with van der Waals surface area (Å²) in [5.41, 5.74) is 0.584. The summed E-state index contributed by atoms with van der Waals surface area (Å²) < 4.78 is 0. The van der Waals surface area contributed by atoms with Gasteiger partial charge in [-0.2, -0.15) is 0 Å². The van der Waals surface area contributed by atoms with Crippen molar-refractivity contribution in [2.45, 2.75) is 0 Å². The highest BCUT2D eigenvalue weighted by atomic mass is 35.5. The zero-order valence-electron chi connectivity index (χ0n) is 13.5. The number of nitrogens with one attached hydrogen (secondary N) is 1. The highest BCUT2D eigenvalue weighted by molar-refractivity contribution is 7.15. The Morgan fingerprint density at radius 1 is 1.19 bits per heavy atom. The number of carbonyl (C=O) groups excluding carboxylic acids is 1. The fraction of sp³-hybridized carbons (Fsp3) is 0. The predicted octanol–water partition coefficient (Wildman–Crippen LogP) is 4.14. The van der Waals surface area contributed by atoms with Gasteiger partial charge in [-0.1, -0.05) is 47.2 Å². The number of para-hydroxylation sites is 1. The predicted molar refractivity (Wildman–Crippen MR) is 103 cm³/mol. The van der Waals surface area contributed by atoms with Crippen LogP contribution in [-0.4, -0.2) is 26.1 Å². The molecule has 0 saturated heterocycles. The number of hydrogen-bond donors (Lipinski definition) is 2. The summed E-state index contributed by atoms with van der Waals surface area (Å²) in [4.78, 5) is 22.4. The molecule has 0 fully saturated rings. The van der Waals surface area contributed by atoms with Gasteiger partial charge in [0.25, 0.3) is 5.91 Å². The first-order chi connectivity index (χ1) is 12.9. The van der Waals surface area contributed by atoms with Crippen LogP contribution < -0.4 is 5.32 Å². The number of nitro benzene ring substituents is 1. The lowest BCUT2D eigenvalue weighted by atomic mass is 10.2. The fourth-order valence-electron chi connectivity index (χ4n) is 2.10. The molecule has 1 aromatic heterocycles. The molecule has 0 unspecified atom stereocenters. The van der Waals surface area contributed by atoms with Gasteiger partial charge < -0.3 is 10.4 Å². The van der Waals surface area contributed by atoms with E-state index in [9.17, 15) is 20.0 Å². The highest BCUT2D eigenvalue weighted by Gasteiger charge is 2.16. The maximum absolute atomic E-state index is 12.2. The van der Waals surface area contributed by atoms with E-state index in [0.717, 1.165) is 11.3 Å². The van der Waals surface area contributed by atoms with Crippen LogP contribution >= 0.6 is 22.9 Å². The molecule has 0 saturated carbocycles. The Morgan fingerprint density at radius 2 is 1.89 bits per heavy atom. The summed E-state index contributed by atoms with van der Waals surface area (Å²) in [6.45, 7) is 0. The minimum absolute atomic E-state index is 0.122. The molecular weight excluding hydrogens is 392 g/mol. The second-order valence-corrected chi connectivity index (χ2v) is 6.61. The Labute approximate surface area is 161 Å². The van der Waals surface area contributed by atoms with Gasteiger partial charge in [-0.3, -0.25) is 14.9 Å². The first kappa shape index (κ1) is 18.5. The van der Waals surface area contributed by atoms with Crippen LogP contribution in [0.25, 0.3) is 11.1 Å². The Kier molecular flexibility index (Phi) is 5.43. The molecular formula is C17H11ClN4O4S. The lowest BCUT2D eigenvalue weighted by Gasteiger charge is -2.00. The summed E-state index contributed by atoms with van der Waals surface area (Å²) in [5.74, 6) is -0.862. The molecule has 1 amide bonds. The molecule has 0 aliphatic heterocycles. The average molecular weight is 403 g/mol. The number of halogens is 1. The minimum atomic E-state index is -0.697. The maximum atomic E-state index is 12.2. The summed E-state index contributed by atoms with van der Waals surface area (Å²) >= 11 is 7.18. The molecule has 0 spiro atoms. The number of anilines is 1. The van der Waals surface area contributed by atoms with Crippen molar-refractivity contribution in [1.82, 2.24) is 10.2 Å². The number of benzene rings is 2. The van der Waals surface area contributed by atoms with Crippen LogP contribution in [0.2, 0.25) is 0 Å². The lowest BCUT2D eigenvalue weighted by molar-refractivity contribution is -0.385. The molecule has 1 heterocycles. The quantitative estimate of drug-likeness (QED) is 0.489. The van der Waals surface area contributed by atoms with Crippen molar-refractivity contribution in [3.8, 4) is 5.75 Å². The normalized spacial score (nSPS) is 11.2. The van der Waals surface area contributed by atoms with Crippen molar-refractivity contribution in [1.29, 1.82) is 0 Å². The second kappa shape index (κ2) is 7.94. The Morgan fingerprint density at radius 3 is 2.59 bits per heavy atom. The summed E-state index contributed by atoms with van der Waals surface area (Å²) in [6.07, 6.45) is 1.44. The van der Waals surface area contributed by atoms with Crippen LogP contribution in [-0.2, 0) is 0 Å². The first-order valence-corrected chi connectivity index (χ1v) is 8.68. The molecule has 0 atom stereocenters. The number of nitrogens with zero attached hydrogens (tertiary/aromatic N) is 3. The van der Waals surface area contributed by atoms with Crippen molar-refractivity contribution in [3.63, 3.8) is 0 Å². The van der Waals surface area contributed by atoms with Gasteiger partial charge in [-0.05, 0) is 29.8 Å². The number of aromatic hydroxyl groups is 1. The summed E-state index contributed by atoms with van der Waals surface area (Å²) in [5, 5.41) is 31.3. The van der Waals surface area contributed by atoms with Gasteiger partial charge in [-0.25, -0.2) is 0 Å². The highest BCUT2D eigenvalue weighted by Crippen LogP contribution is 2.30. The zero-order valence-corrected chi connectivity index (χ0v) is 15.1. The van der Waals surface area contributed by atoms with Crippen LogP contribution in [0, 0.1) is 10.1 Å². The Balaban J connectivity index is 1.79. The Hall–Kier alpha value is -3.30. The van der Waals surface area contributed by atoms with E-state index in [4.69, 9.17) is 11.6 Å². The Bertz CT molecular complexity index is 1040. The van der Waals surface area contributed by atoms with Crippen molar-refractivity contribution < 1.29 is 14.8 Å². The molecule has 136 valence electrons. The third kappa shape index (κ3) is 4.46. The second-order valence-electron chi connectivity index (χ2n) is 5.23. The van der Waals surface area contributed by atoms with Crippen LogP contribution in [0.1, 0.15) is 20.4 Å². The molecule has 0 aliphatic carbocycles. The van der Waals surface area contributed by atoms with Gasteiger partial charge in [-0.15, -0.1) is 10.2 Å². The van der Waals surface area contributed by atoms with E-state index < -0.39 is 22.3 Å². The summed E-state index contributed by atoms with van der Waals surface area (Å²) in [7, 11) is 0. The van der Waals surface area contributed by atoms with Crippen molar-refractivity contribution in [2.75, 3.05) is 5.32 Å². The van der Waals surface area contributed by atoms with Crippen molar-refractivity contribution in [3.05, 3.63) is 74.2 Å². The van der Waals surface area contributed by atoms with Crippen LogP contribution in [0.3, 0.4) is 0 Å². The maximum Gasteiger partial charge on any atom is 0.311 e. The fourth-order valence-corrected chi connectivity index (χ4v) is 3.03. The van der Waals surface area contributed by atoms with E-state index >= 15 is 0 Å². The molecule has 0 radical (unpaired) electrons. The number of amides is 1.